The molecule has 6 heteroatoms. The number of fused-ring (bicyclic) bond motifs is 1. The minimum atomic E-state index is -0.00641. The molecule has 0 amide bonds. The average Bonchev–Trinajstić information content (AvgIpc) is 3.04. The molecule has 0 spiro atoms. The van der Waals surface area contributed by atoms with Gasteiger partial charge in [0.15, 0.2) is 11.5 Å². The van der Waals surface area contributed by atoms with Crippen LogP contribution in [0.2, 0.25) is 0 Å². The minimum Gasteiger partial charge on any atom is -0.493 e. The summed E-state index contributed by atoms with van der Waals surface area (Å²) in [5, 5.41) is 0. The maximum absolute atomic E-state index is 11.6. The topological polar surface area (TPSA) is 54.6 Å². The average molecular weight is 276 g/mol. The Hall–Kier alpha value is -2.37. The Morgan fingerprint density at radius 2 is 2.10 bits per heavy atom. The fourth-order valence-corrected chi connectivity index (χ4v) is 2.07. The van der Waals surface area contributed by atoms with Gasteiger partial charge in [-0.2, -0.15) is 0 Å². The highest BCUT2D eigenvalue weighted by Crippen LogP contribution is 2.35. The lowest BCUT2D eigenvalue weighted by molar-refractivity contribution is 0.173. The van der Waals surface area contributed by atoms with Crippen molar-refractivity contribution in [2.24, 2.45) is 7.05 Å². The quantitative estimate of drug-likeness (QED) is 0.774. The number of rotatable bonds is 5. The zero-order chi connectivity index (χ0) is 13.9. The largest absolute Gasteiger partial charge is 0.493 e. The van der Waals surface area contributed by atoms with E-state index in [-0.39, 0.29) is 12.5 Å². The van der Waals surface area contributed by atoms with E-state index in [1.54, 1.807) is 28.6 Å². The lowest BCUT2D eigenvalue weighted by Gasteiger charge is -2.07. The van der Waals surface area contributed by atoms with Crippen molar-refractivity contribution < 1.29 is 14.2 Å². The molecule has 6 nitrogen and oxygen atoms in total. The summed E-state index contributed by atoms with van der Waals surface area (Å²) in [7, 11) is 1.74. The van der Waals surface area contributed by atoms with E-state index in [1.807, 2.05) is 18.2 Å². The maximum Gasteiger partial charge on any atom is 0.327 e. The first-order valence-corrected chi connectivity index (χ1v) is 6.48. The predicted molar refractivity (Wildman–Crippen MR) is 72.4 cm³/mol. The molecule has 0 saturated carbocycles. The number of ether oxygens (including phenoxy) is 3. The Labute approximate surface area is 116 Å². The van der Waals surface area contributed by atoms with Crippen LogP contribution in [0.5, 0.6) is 17.2 Å². The smallest absolute Gasteiger partial charge is 0.327 e. The molecule has 2 heterocycles. The first kappa shape index (κ1) is 12.7. The highest BCUT2D eigenvalue weighted by Gasteiger charge is 2.13. The maximum atomic E-state index is 11.6. The van der Waals surface area contributed by atoms with Crippen molar-refractivity contribution in [3.8, 4) is 17.2 Å². The first-order chi connectivity index (χ1) is 9.74. The molecule has 0 aliphatic carbocycles. The summed E-state index contributed by atoms with van der Waals surface area (Å²) in [5.41, 5.74) is -0.00641. The van der Waals surface area contributed by atoms with Gasteiger partial charge in [0.1, 0.15) is 5.75 Å². The van der Waals surface area contributed by atoms with E-state index in [1.165, 1.54) is 0 Å². The minimum absolute atomic E-state index is 0.00641. The highest BCUT2D eigenvalue weighted by atomic mass is 16.7. The normalized spacial score (nSPS) is 12.7. The van der Waals surface area contributed by atoms with E-state index in [0.29, 0.717) is 18.9 Å². The number of nitrogens with zero attached hydrogens (tertiary/aromatic N) is 2. The Bertz CT molecular complexity index is 659. The van der Waals surface area contributed by atoms with Gasteiger partial charge in [0, 0.05) is 32.1 Å². The van der Waals surface area contributed by atoms with Gasteiger partial charge < -0.3 is 18.8 Å². The summed E-state index contributed by atoms with van der Waals surface area (Å²) in [6.45, 7) is 1.45. The number of hydrogen-bond acceptors (Lipinski definition) is 4. The number of hydrogen-bond donors (Lipinski definition) is 0. The summed E-state index contributed by atoms with van der Waals surface area (Å²) in [5.74, 6) is 2.20. The van der Waals surface area contributed by atoms with Crippen molar-refractivity contribution in [2.75, 3.05) is 13.4 Å². The van der Waals surface area contributed by atoms with Crippen LogP contribution < -0.4 is 19.9 Å². The van der Waals surface area contributed by atoms with Gasteiger partial charge in [-0.25, -0.2) is 4.79 Å². The van der Waals surface area contributed by atoms with E-state index in [0.717, 1.165) is 17.9 Å². The van der Waals surface area contributed by atoms with Gasteiger partial charge in [-0.15, -0.1) is 0 Å². The molecule has 0 fully saturated rings. The molecular weight excluding hydrogens is 260 g/mol. The fourth-order valence-electron chi connectivity index (χ4n) is 2.07. The molecule has 0 radical (unpaired) electrons. The molecule has 0 atom stereocenters. The zero-order valence-electron chi connectivity index (χ0n) is 11.2. The molecule has 1 aliphatic heterocycles. The molecule has 1 aromatic carbocycles. The molecule has 1 aromatic heterocycles. The number of aromatic nitrogens is 2. The molecule has 0 N–H and O–H groups in total. The third-order valence-corrected chi connectivity index (χ3v) is 3.17. The summed E-state index contributed by atoms with van der Waals surface area (Å²) in [6, 6.07) is 5.50. The van der Waals surface area contributed by atoms with Crippen molar-refractivity contribution in [3.05, 3.63) is 41.1 Å². The number of aryl methyl sites for hydroxylation is 2. The van der Waals surface area contributed by atoms with Gasteiger partial charge >= 0.3 is 5.69 Å². The van der Waals surface area contributed by atoms with Crippen LogP contribution in [0.3, 0.4) is 0 Å². The third-order valence-electron chi connectivity index (χ3n) is 3.17. The fraction of sp³-hybridized carbons (Fsp3) is 0.357. The highest BCUT2D eigenvalue weighted by molar-refractivity contribution is 5.46. The second-order valence-corrected chi connectivity index (χ2v) is 4.60. The number of benzene rings is 1. The predicted octanol–water partition coefficient (Wildman–Crippen LogP) is 1.38. The summed E-state index contributed by atoms with van der Waals surface area (Å²) >= 11 is 0. The second-order valence-electron chi connectivity index (χ2n) is 4.60. The van der Waals surface area contributed by atoms with E-state index >= 15 is 0 Å². The monoisotopic (exact) mass is 276 g/mol. The molecular formula is C14H16N2O4. The van der Waals surface area contributed by atoms with Crippen LogP contribution in [0, 0.1) is 0 Å². The van der Waals surface area contributed by atoms with Crippen LogP contribution in [-0.4, -0.2) is 22.5 Å². The molecule has 3 rings (SSSR count). The molecule has 1 aliphatic rings. The van der Waals surface area contributed by atoms with Crippen LogP contribution in [0.1, 0.15) is 6.42 Å². The van der Waals surface area contributed by atoms with Crippen molar-refractivity contribution in [1.29, 1.82) is 0 Å². The lowest BCUT2D eigenvalue weighted by Crippen LogP contribution is -2.22. The van der Waals surface area contributed by atoms with Gasteiger partial charge in [-0.05, 0) is 18.6 Å². The van der Waals surface area contributed by atoms with Gasteiger partial charge in [-0.1, -0.05) is 0 Å². The second kappa shape index (κ2) is 5.32. The van der Waals surface area contributed by atoms with Crippen LogP contribution in [0.25, 0.3) is 0 Å². The Balaban J connectivity index is 1.50. The van der Waals surface area contributed by atoms with Crippen molar-refractivity contribution in [2.45, 2.75) is 13.0 Å². The van der Waals surface area contributed by atoms with E-state index in [9.17, 15) is 4.79 Å². The van der Waals surface area contributed by atoms with Crippen molar-refractivity contribution >= 4 is 0 Å². The Kier molecular flexibility index (Phi) is 3.37. The van der Waals surface area contributed by atoms with E-state index in [4.69, 9.17) is 14.2 Å². The third kappa shape index (κ3) is 2.49. The molecule has 0 bridgehead atoms. The van der Waals surface area contributed by atoms with E-state index in [2.05, 4.69) is 0 Å². The molecule has 0 saturated heterocycles. The molecule has 0 unspecified atom stereocenters. The molecule has 20 heavy (non-hydrogen) atoms. The zero-order valence-corrected chi connectivity index (χ0v) is 11.2. The molecule has 106 valence electrons. The lowest BCUT2D eigenvalue weighted by atomic mass is 10.3. The summed E-state index contributed by atoms with van der Waals surface area (Å²) in [6.07, 6.45) is 4.29. The van der Waals surface area contributed by atoms with Crippen LogP contribution in [0.15, 0.2) is 35.4 Å². The number of imidazole rings is 1. The first-order valence-electron chi connectivity index (χ1n) is 6.48. The van der Waals surface area contributed by atoms with Crippen molar-refractivity contribution in [3.63, 3.8) is 0 Å². The Morgan fingerprint density at radius 3 is 2.90 bits per heavy atom. The standard InChI is InChI=1S/C14H16N2O4/c1-15-6-7-16(14(15)17)5-2-8-18-11-3-4-12-13(9-11)20-10-19-12/h3-4,6-7,9H,2,5,8,10H2,1H3. The van der Waals surface area contributed by atoms with E-state index < -0.39 is 0 Å². The van der Waals surface area contributed by atoms with Crippen LogP contribution in [-0.2, 0) is 13.6 Å². The van der Waals surface area contributed by atoms with Crippen LogP contribution in [0.4, 0.5) is 0 Å². The van der Waals surface area contributed by atoms with Gasteiger partial charge in [0.05, 0.1) is 6.61 Å². The van der Waals surface area contributed by atoms with Gasteiger partial charge in [0.25, 0.3) is 0 Å². The van der Waals surface area contributed by atoms with Gasteiger partial charge in [-0.3, -0.25) is 4.57 Å². The Morgan fingerprint density at radius 1 is 1.25 bits per heavy atom. The summed E-state index contributed by atoms with van der Waals surface area (Å²) in [4.78, 5) is 11.6. The SMILES string of the molecule is Cn1ccn(CCCOc2ccc3c(c2)OCO3)c1=O. The van der Waals surface area contributed by atoms with Crippen LogP contribution >= 0.6 is 0 Å². The van der Waals surface area contributed by atoms with Crippen molar-refractivity contribution in [1.82, 2.24) is 9.13 Å². The van der Waals surface area contributed by atoms with Gasteiger partial charge in [0.2, 0.25) is 6.79 Å². The summed E-state index contributed by atoms with van der Waals surface area (Å²) < 4.78 is 19.4. The molecule has 2 aromatic rings.